The first-order valence-electron chi connectivity index (χ1n) is 5.21. The number of halogens is 2. The first kappa shape index (κ1) is 13.9. The van der Waals surface area contributed by atoms with Crippen LogP contribution in [0.25, 0.3) is 0 Å². The van der Waals surface area contributed by atoms with E-state index in [9.17, 15) is 4.39 Å². The van der Waals surface area contributed by atoms with Gasteiger partial charge in [-0.2, -0.15) is 5.26 Å². The molecule has 1 N–H and O–H groups in total. The molecule has 3 nitrogen and oxygen atoms in total. The standard InChI is InChI=1S/C12H14BrFN2O/c1-8(7-17-2)6-16-10-4-3-9(5-15)11(13)12(10)14/h3-4,8,16H,6-7H2,1-2H3. The molecule has 0 heterocycles. The van der Waals surface area contributed by atoms with E-state index in [0.29, 0.717) is 18.8 Å². The van der Waals surface area contributed by atoms with Crippen molar-refractivity contribution in [2.75, 3.05) is 25.6 Å². The third-order valence-electron chi connectivity index (χ3n) is 2.29. The lowest BCUT2D eigenvalue weighted by molar-refractivity contribution is 0.164. The van der Waals surface area contributed by atoms with E-state index in [0.717, 1.165) is 0 Å². The smallest absolute Gasteiger partial charge is 0.161 e. The summed E-state index contributed by atoms with van der Waals surface area (Å²) >= 11 is 3.07. The number of rotatable bonds is 5. The van der Waals surface area contributed by atoms with Crippen LogP contribution in [0.2, 0.25) is 0 Å². The minimum atomic E-state index is -0.436. The van der Waals surface area contributed by atoms with Gasteiger partial charge in [0.25, 0.3) is 0 Å². The highest BCUT2D eigenvalue weighted by Crippen LogP contribution is 2.26. The number of nitrogens with one attached hydrogen (secondary N) is 1. The fourth-order valence-corrected chi connectivity index (χ4v) is 1.83. The fraction of sp³-hybridized carbons (Fsp3) is 0.417. The molecule has 0 saturated carbocycles. The second kappa shape index (κ2) is 6.58. The van der Waals surface area contributed by atoms with Crippen molar-refractivity contribution in [1.82, 2.24) is 0 Å². The molecular formula is C12H14BrFN2O. The third kappa shape index (κ3) is 3.69. The minimum Gasteiger partial charge on any atom is -0.384 e. The van der Waals surface area contributed by atoms with Crippen LogP contribution in [-0.2, 0) is 4.74 Å². The number of methoxy groups -OCH3 is 1. The predicted molar refractivity (Wildman–Crippen MR) is 68.3 cm³/mol. The molecule has 1 aromatic rings. The van der Waals surface area contributed by atoms with Gasteiger partial charge in [-0.15, -0.1) is 0 Å². The summed E-state index contributed by atoms with van der Waals surface area (Å²) in [7, 11) is 1.63. The Balaban J connectivity index is 2.73. The van der Waals surface area contributed by atoms with Gasteiger partial charge in [-0.3, -0.25) is 0 Å². The first-order valence-corrected chi connectivity index (χ1v) is 6.00. The average Bonchev–Trinajstić information content (AvgIpc) is 2.31. The highest BCUT2D eigenvalue weighted by Gasteiger charge is 2.11. The molecule has 5 heteroatoms. The van der Waals surface area contributed by atoms with E-state index in [1.807, 2.05) is 13.0 Å². The summed E-state index contributed by atoms with van der Waals surface area (Å²) in [6.45, 7) is 3.24. The Morgan fingerprint density at radius 2 is 2.29 bits per heavy atom. The SMILES string of the molecule is COCC(C)CNc1ccc(C#N)c(Br)c1F. The topological polar surface area (TPSA) is 45.0 Å². The van der Waals surface area contributed by atoms with E-state index in [1.165, 1.54) is 0 Å². The summed E-state index contributed by atoms with van der Waals surface area (Å²) in [4.78, 5) is 0. The lowest BCUT2D eigenvalue weighted by Gasteiger charge is -2.13. The zero-order valence-electron chi connectivity index (χ0n) is 9.76. The van der Waals surface area contributed by atoms with E-state index < -0.39 is 5.82 Å². The monoisotopic (exact) mass is 300 g/mol. The summed E-state index contributed by atoms with van der Waals surface area (Å²) in [5.74, 6) is -0.150. The van der Waals surface area contributed by atoms with Gasteiger partial charge in [-0.05, 0) is 34.0 Å². The highest BCUT2D eigenvalue weighted by atomic mass is 79.9. The molecule has 1 rings (SSSR count). The molecule has 1 aromatic carbocycles. The Morgan fingerprint density at radius 1 is 1.59 bits per heavy atom. The van der Waals surface area contributed by atoms with Gasteiger partial charge in [0.15, 0.2) is 5.82 Å². The Bertz CT molecular complexity index is 431. The second-order valence-corrected chi connectivity index (χ2v) is 4.63. The van der Waals surface area contributed by atoms with Crippen molar-refractivity contribution in [2.24, 2.45) is 5.92 Å². The summed E-state index contributed by atoms with van der Waals surface area (Å²) in [5.41, 5.74) is 0.678. The zero-order chi connectivity index (χ0) is 12.8. The zero-order valence-corrected chi connectivity index (χ0v) is 11.3. The molecule has 0 fully saturated rings. The lowest BCUT2D eigenvalue weighted by Crippen LogP contribution is -2.16. The number of ether oxygens (including phenoxy) is 1. The molecule has 1 atom stereocenters. The number of hydrogen-bond donors (Lipinski definition) is 1. The van der Waals surface area contributed by atoms with Crippen LogP contribution in [0.5, 0.6) is 0 Å². The molecule has 0 amide bonds. The van der Waals surface area contributed by atoms with E-state index in [1.54, 1.807) is 19.2 Å². The number of anilines is 1. The molecule has 92 valence electrons. The summed E-state index contributed by atoms with van der Waals surface area (Å²) in [6, 6.07) is 5.06. The van der Waals surface area contributed by atoms with Crippen molar-refractivity contribution >= 4 is 21.6 Å². The molecule has 0 aliphatic carbocycles. The Labute approximate surface area is 109 Å². The quantitative estimate of drug-likeness (QED) is 0.908. The molecule has 0 aromatic heterocycles. The van der Waals surface area contributed by atoms with Gasteiger partial charge in [0.2, 0.25) is 0 Å². The van der Waals surface area contributed by atoms with Gasteiger partial charge in [0, 0.05) is 13.7 Å². The average molecular weight is 301 g/mol. The Hall–Kier alpha value is -1.12. The van der Waals surface area contributed by atoms with Crippen molar-refractivity contribution in [2.45, 2.75) is 6.92 Å². The molecule has 1 unspecified atom stereocenters. The van der Waals surface area contributed by atoms with Crippen molar-refractivity contribution in [1.29, 1.82) is 5.26 Å². The van der Waals surface area contributed by atoms with Crippen molar-refractivity contribution in [3.8, 4) is 6.07 Å². The highest BCUT2D eigenvalue weighted by molar-refractivity contribution is 9.10. The van der Waals surface area contributed by atoms with Crippen LogP contribution in [-0.4, -0.2) is 20.3 Å². The van der Waals surface area contributed by atoms with Crippen LogP contribution in [0.1, 0.15) is 12.5 Å². The maximum Gasteiger partial charge on any atom is 0.161 e. The Morgan fingerprint density at radius 3 is 2.88 bits per heavy atom. The van der Waals surface area contributed by atoms with Crippen LogP contribution in [0.4, 0.5) is 10.1 Å². The van der Waals surface area contributed by atoms with Crippen LogP contribution >= 0.6 is 15.9 Å². The first-order chi connectivity index (χ1) is 8.10. The number of hydrogen-bond acceptors (Lipinski definition) is 3. The van der Waals surface area contributed by atoms with Gasteiger partial charge in [0.1, 0.15) is 6.07 Å². The fourth-order valence-electron chi connectivity index (χ4n) is 1.40. The van der Waals surface area contributed by atoms with Gasteiger partial charge < -0.3 is 10.1 Å². The third-order valence-corrected chi connectivity index (χ3v) is 3.07. The molecule has 17 heavy (non-hydrogen) atoms. The normalized spacial score (nSPS) is 11.9. The maximum absolute atomic E-state index is 13.8. The molecule has 0 aliphatic heterocycles. The van der Waals surface area contributed by atoms with Gasteiger partial charge >= 0.3 is 0 Å². The van der Waals surface area contributed by atoms with Crippen LogP contribution in [0, 0.1) is 23.1 Å². The van der Waals surface area contributed by atoms with Crippen LogP contribution in [0.15, 0.2) is 16.6 Å². The largest absolute Gasteiger partial charge is 0.384 e. The number of benzene rings is 1. The minimum absolute atomic E-state index is 0.199. The van der Waals surface area contributed by atoms with Crippen LogP contribution < -0.4 is 5.32 Å². The summed E-state index contributed by atoms with van der Waals surface area (Å²) in [5, 5.41) is 11.7. The van der Waals surface area contributed by atoms with Crippen LogP contribution in [0.3, 0.4) is 0 Å². The van der Waals surface area contributed by atoms with E-state index in [4.69, 9.17) is 10.00 Å². The van der Waals surface area contributed by atoms with Gasteiger partial charge in [-0.25, -0.2) is 4.39 Å². The van der Waals surface area contributed by atoms with Crippen molar-refractivity contribution in [3.05, 3.63) is 28.0 Å². The van der Waals surface area contributed by atoms with E-state index >= 15 is 0 Å². The van der Waals surface area contributed by atoms with E-state index in [-0.39, 0.29) is 16.0 Å². The number of nitrogens with zero attached hydrogens (tertiary/aromatic N) is 1. The molecule has 0 aliphatic rings. The van der Waals surface area contributed by atoms with Gasteiger partial charge in [0.05, 0.1) is 22.3 Å². The van der Waals surface area contributed by atoms with E-state index in [2.05, 4.69) is 21.2 Å². The molecule has 0 bridgehead atoms. The lowest BCUT2D eigenvalue weighted by atomic mass is 10.1. The van der Waals surface area contributed by atoms with Crippen molar-refractivity contribution in [3.63, 3.8) is 0 Å². The maximum atomic E-state index is 13.8. The summed E-state index contributed by atoms with van der Waals surface area (Å²) < 4.78 is 19.0. The molecule has 0 saturated heterocycles. The Kier molecular flexibility index (Phi) is 5.39. The molecule has 0 spiro atoms. The van der Waals surface area contributed by atoms with Gasteiger partial charge in [-0.1, -0.05) is 6.92 Å². The predicted octanol–water partition coefficient (Wildman–Crippen LogP) is 3.15. The summed E-state index contributed by atoms with van der Waals surface area (Å²) in [6.07, 6.45) is 0. The molecular weight excluding hydrogens is 287 g/mol. The van der Waals surface area contributed by atoms with Crippen molar-refractivity contribution < 1.29 is 9.13 Å². The number of nitriles is 1. The molecule has 0 radical (unpaired) electrons. The second-order valence-electron chi connectivity index (χ2n) is 3.84.